The highest BCUT2D eigenvalue weighted by molar-refractivity contribution is 6.17. The Bertz CT molecular complexity index is 3330. The number of fused-ring (bicyclic) bond motifs is 5. The highest BCUT2D eigenvalue weighted by atomic mass is 16.7. The molecule has 4 heterocycles. The van der Waals surface area contributed by atoms with Crippen molar-refractivity contribution in [1.82, 2.24) is 4.98 Å². The van der Waals surface area contributed by atoms with E-state index in [1.165, 1.54) is 59.3 Å². The maximum Gasteiger partial charge on any atom is 0.307 e. The lowest BCUT2D eigenvalue weighted by Gasteiger charge is -2.39. The van der Waals surface area contributed by atoms with E-state index < -0.39 is 93.8 Å². The van der Waals surface area contributed by atoms with Crippen molar-refractivity contribution in [2.45, 2.75) is 118 Å². The number of phenols is 1. The van der Waals surface area contributed by atoms with Crippen LogP contribution in [0.3, 0.4) is 0 Å². The first-order valence-electron chi connectivity index (χ1n) is 25.4. The molecule has 5 bridgehead atoms. The fourth-order valence-electron chi connectivity index (χ4n) is 10.8. The number of methoxy groups -OCH3 is 1. The summed E-state index contributed by atoms with van der Waals surface area (Å²) in [5.41, 5.74) is -0.995. The second-order valence-corrected chi connectivity index (χ2v) is 20.2. The minimum atomic E-state index is -2.01. The summed E-state index contributed by atoms with van der Waals surface area (Å²) < 4.78 is 30.7. The van der Waals surface area contributed by atoms with Gasteiger partial charge in [0.15, 0.2) is 22.4 Å². The zero-order valence-corrected chi connectivity index (χ0v) is 43.9. The van der Waals surface area contributed by atoms with Gasteiger partial charge < -0.3 is 58.9 Å². The van der Waals surface area contributed by atoms with Gasteiger partial charge in [-0.3, -0.25) is 24.0 Å². The van der Waals surface area contributed by atoms with Crippen molar-refractivity contribution in [3.05, 3.63) is 110 Å². The van der Waals surface area contributed by atoms with Gasteiger partial charge in [0.05, 0.1) is 35.2 Å². The first kappa shape index (κ1) is 54.0. The molecular weight excluding hydrogens is 965 g/mol. The highest BCUT2D eigenvalue weighted by Crippen LogP contribution is 2.42. The molecule has 0 radical (unpaired) electrons. The molecule has 9 atom stereocenters. The number of piperidine rings is 1. The normalized spacial score (nSPS) is 27.6. The van der Waals surface area contributed by atoms with E-state index in [-0.39, 0.29) is 67.0 Å². The van der Waals surface area contributed by atoms with Crippen molar-refractivity contribution in [3.63, 3.8) is 0 Å². The van der Waals surface area contributed by atoms with Crippen molar-refractivity contribution in [2.75, 3.05) is 35.3 Å². The predicted octanol–water partition coefficient (Wildman–Crippen LogP) is 6.97. The topological polar surface area (TPSA) is 248 Å². The fraction of sp³-hybridized carbons (Fsp3) is 0.439. The molecule has 1 saturated heterocycles. The Hall–Kier alpha value is -7.28. The number of carbonyl (C=O) groups excluding carboxylic acids is 3. The molecule has 18 heteroatoms. The summed E-state index contributed by atoms with van der Waals surface area (Å²) in [6, 6.07) is 12.5. The van der Waals surface area contributed by atoms with Gasteiger partial charge in [-0.05, 0) is 44.9 Å². The molecule has 0 spiro atoms. The standard InChI is InChI=1S/C57H66N4O14/c1-11-41(64)61(35-18-13-12-14-19-35)36-20-23-60(24-21-36)37-26-38(63)45-40(27-37)74-54-46(58-45)42-43-50(67)33(7)53-44(42)55(69)57(9,75-53)72-25-22-39(71-10)30(4)52(73-34(8)62)32(6)49(66)31(5)48(65)28(2)16-15-17-29(3)56(70)59-47(54)51(43)68/h12-19,22,25-28,30-32,36,39,48-49,52,65-67,69H,11,20-21,23-24H2,1-10H3,(H,59,70)/b16-15+,25-22+,29-17-/t28-,30+,31+,32+,39-,48-,49+,52+,57-/m0/s1. The van der Waals surface area contributed by atoms with Crippen LogP contribution in [0.15, 0.2) is 92.6 Å². The van der Waals surface area contributed by atoms with Gasteiger partial charge in [0.1, 0.15) is 28.8 Å². The minimum absolute atomic E-state index is 0.00318. The maximum absolute atomic E-state index is 15.0. The quantitative estimate of drug-likeness (QED) is 0.0654. The lowest BCUT2D eigenvalue weighted by molar-refractivity contribution is -0.160. The lowest BCUT2D eigenvalue weighted by atomic mass is 9.78. The Balaban J connectivity index is 1.29. The van der Waals surface area contributed by atoms with Crippen LogP contribution in [0, 0.1) is 30.6 Å². The van der Waals surface area contributed by atoms with Gasteiger partial charge in [0.2, 0.25) is 16.8 Å². The number of carbonyl (C=O) groups is 3. The molecule has 5 aromatic rings. The lowest BCUT2D eigenvalue weighted by Crippen LogP contribution is -2.47. The minimum Gasteiger partial charge on any atom is -0.507 e. The number of allylic oxidation sites excluding steroid dienone is 2. The van der Waals surface area contributed by atoms with Gasteiger partial charge in [-0.15, -0.1) is 0 Å². The number of aliphatic hydroxyl groups excluding tert-OH is 3. The Labute approximate surface area is 433 Å². The van der Waals surface area contributed by atoms with E-state index in [4.69, 9.17) is 28.3 Å². The number of benzene rings is 4. The van der Waals surface area contributed by atoms with E-state index in [0.717, 1.165) is 5.69 Å². The summed E-state index contributed by atoms with van der Waals surface area (Å²) in [4.78, 5) is 77.9. The molecule has 1 aromatic heterocycles. The Morgan fingerprint density at radius 1 is 0.933 bits per heavy atom. The number of nitrogens with zero attached hydrogens (tertiary/aromatic N) is 3. The fourth-order valence-corrected chi connectivity index (χ4v) is 10.8. The molecule has 0 unspecified atom stereocenters. The molecule has 5 N–H and O–H groups in total. The van der Waals surface area contributed by atoms with Crippen LogP contribution in [-0.2, 0) is 28.6 Å². The van der Waals surface area contributed by atoms with Crippen molar-refractivity contribution in [3.8, 4) is 11.5 Å². The highest BCUT2D eigenvalue weighted by Gasteiger charge is 2.44. The number of esters is 1. The third-order valence-corrected chi connectivity index (χ3v) is 15.2. The van der Waals surface area contributed by atoms with Crippen molar-refractivity contribution in [2.24, 2.45) is 23.7 Å². The van der Waals surface area contributed by atoms with Crippen molar-refractivity contribution in [1.29, 1.82) is 0 Å². The van der Waals surface area contributed by atoms with E-state index in [9.17, 15) is 39.6 Å². The van der Waals surface area contributed by atoms with Crippen LogP contribution in [0.1, 0.15) is 80.2 Å². The molecule has 75 heavy (non-hydrogen) atoms. The number of hydrogen-bond acceptors (Lipinski definition) is 16. The molecule has 2 amide bonds. The number of aromatic hydroxyl groups is 1. The third-order valence-electron chi connectivity index (χ3n) is 15.2. The molecule has 398 valence electrons. The SMILES string of the molecule is CCC(=O)N(c1ccccc1)C1CCN(c2cc(=O)c3nc4c(oc3c2)c2c(=O)c3c(O)c(C)c5c(c34)=C(O)[C@@](C)(O/C=C/[C@H](OC)[C@@H](C)[C@@H](OC(C)=O)[C@H](C)[C@H](O)[C@H](C)[C@@H](O)[C@@H](C)/C=C/C=C(/C)C(=O)N2)O5)CC1. The number of nitrogens with one attached hydrogen (secondary N) is 1. The molecular formula is C57H66N4O14. The largest absolute Gasteiger partial charge is 0.507 e. The van der Waals surface area contributed by atoms with Gasteiger partial charge >= 0.3 is 11.8 Å². The molecule has 18 nitrogen and oxygen atoms in total. The summed E-state index contributed by atoms with van der Waals surface area (Å²) in [5, 5.41) is 49.5. The van der Waals surface area contributed by atoms with Crippen LogP contribution in [-0.4, -0.2) is 99.6 Å². The van der Waals surface area contributed by atoms with Crippen LogP contribution < -0.4 is 35.9 Å². The first-order chi connectivity index (χ1) is 35.6. The third kappa shape index (κ3) is 10.1. The number of hydrogen-bond donors (Lipinski definition) is 5. The molecule has 1 fully saturated rings. The average Bonchev–Trinajstić information content (AvgIpc) is 3.71. The maximum atomic E-state index is 15.0. The Morgan fingerprint density at radius 3 is 2.28 bits per heavy atom. The summed E-state index contributed by atoms with van der Waals surface area (Å²) in [5.74, 6) is -7.14. The smallest absolute Gasteiger partial charge is 0.307 e. The predicted molar refractivity (Wildman–Crippen MR) is 284 cm³/mol. The van der Waals surface area contributed by atoms with E-state index in [1.54, 1.807) is 45.9 Å². The van der Waals surface area contributed by atoms with E-state index in [0.29, 0.717) is 38.0 Å². The van der Waals surface area contributed by atoms with Crippen LogP contribution >= 0.6 is 0 Å². The Morgan fingerprint density at radius 2 is 1.63 bits per heavy atom. The monoisotopic (exact) mass is 1030 g/mol. The number of para-hydroxylation sites is 1. The van der Waals surface area contributed by atoms with E-state index >= 15 is 4.79 Å². The number of ether oxygens (including phenoxy) is 4. The molecule has 8 rings (SSSR count). The summed E-state index contributed by atoms with van der Waals surface area (Å²) in [7, 11) is 1.44. The van der Waals surface area contributed by atoms with Crippen LogP contribution in [0.5, 0.6) is 11.5 Å². The number of phenolic OH excluding ortho intramolecular Hbond substituents is 1. The van der Waals surface area contributed by atoms with Crippen molar-refractivity contribution >= 4 is 73.6 Å². The van der Waals surface area contributed by atoms with E-state index in [2.05, 4.69) is 5.32 Å². The van der Waals surface area contributed by atoms with E-state index in [1.807, 2.05) is 47.1 Å². The van der Waals surface area contributed by atoms with Gasteiger partial charge in [0, 0.05) is 110 Å². The zero-order chi connectivity index (χ0) is 54.4. The summed E-state index contributed by atoms with van der Waals surface area (Å²) >= 11 is 0. The number of amides is 2. The molecule has 0 aliphatic carbocycles. The van der Waals surface area contributed by atoms with Crippen molar-refractivity contribution < 1.29 is 58.2 Å². The average molecular weight is 1030 g/mol. The van der Waals surface area contributed by atoms with Crippen LogP contribution in [0.25, 0.3) is 38.7 Å². The number of anilines is 3. The Kier molecular flexibility index (Phi) is 15.5. The first-order valence-corrected chi connectivity index (χ1v) is 25.4. The van der Waals surface area contributed by atoms with Gasteiger partial charge in [-0.1, -0.05) is 71.0 Å². The summed E-state index contributed by atoms with van der Waals surface area (Å²) in [6.45, 7) is 15.3. The van der Waals surface area contributed by atoms with Crippen LogP contribution in [0.2, 0.25) is 0 Å². The molecule has 3 aliphatic rings. The zero-order valence-electron chi connectivity index (χ0n) is 43.9. The number of rotatable bonds is 6. The van der Waals surface area contributed by atoms with Gasteiger partial charge in [0.25, 0.3) is 5.91 Å². The molecule has 3 aliphatic heterocycles. The number of aromatic nitrogens is 1. The molecule has 4 aromatic carbocycles. The number of aliphatic hydroxyl groups is 3. The second kappa shape index (κ2) is 21.5. The van der Waals surface area contributed by atoms with Gasteiger partial charge in [-0.2, -0.15) is 0 Å². The second-order valence-electron chi connectivity index (χ2n) is 20.2. The summed E-state index contributed by atoms with van der Waals surface area (Å²) in [6.07, 6.45) is 4.97. The molecule has 0 saturated carbocycles. The van der Waals surface area contributed by atoms with Gasteiger partial charge in [-0.25, -0.2) is 4.98 Å². The van der Waals surface area contributed by atoms with Crippen LogP contribution in [0.4, 0.5) is 17.1 Å².